The van der Waals surface area contributed by atoms with Gasteiger partial charge in [-0.2, -0.15) is 5.10 Å². The summed E-state index contributed by atoms with van der Waals surface area (Å²) >= 11 is 0. The van der Waals surface area contributed by atoms with Crippen molar-refractivity contribution in [2.45, 2.75) is 47.2 Å². The molecule has 0 aliphatic rings. The van der Waals surface area contributed by atoms with Crippen molar-refractivity contribution in [1.29, 1.82) is 0 Å². The third-order valence-corrected chi connectivity index (χ3v) is 3.71. The lowest BCUT2D eigenvalue weighted by Gasteiger charge is -2.23. The van der Waals surface area contributed by atoms with Crippen LogP contribution in [0.3, 0.4) is 0 Å². The van der Waals surface area contributed by atoms with E-state index in [1.165, 1.54) is 11.3 Å². The number of hydrogen-bond donors (Lipinski definition) is 1. The minimum atomic E-state index is 0.504. The summed E-state index contributed by atoms with van der Waals surface area (Å²) < 4.78 is 1.96. The Labute approximate surface area is 111 Å². The molecular weight excluding hydrogens is 224 g/mol. The summed E-state index contributed by atoms with van der Waals surface area (Å²) in [6.07, 6.45) is 0. The first-order chi connectivity index (χ1) is 8.49. The van der Waals surface area contributed by atoms with Gasteiger partial charge in [0.05, 0.1) is 5.69 Å². The summed E-state index contributed by atoms with van der Waals surface area (Å²) in [4.78, 5) is 2.45. The highest BCUT2D eigenvalue weighted by Gasteiger charge is 2.11. The summed E-state index contributed by atoms with van der Waals surface area (Å²) in [7, 11) is 2.01. The lowest BCUT2D eigenvalue weighted by molar-refractivity contribution is 0.270. The van der Waals surface area contributed by atoms with Crippen LogP contribution < -0.4 is 5.32 Å². The van der Waals surface area contributed by atoms with Gasteiger partial charge in [0.15, 0.2) is 0 Å². The standard InChI is InChI=1S/C14H28N4/c1-7-18(8-2)10-11(3)15-9-14-12(4)16-17(6)13(14)5/h11,15H,7-10H2,1-6H3. The molecule has 1 aromatic heterocycles. The Hall–Kier alpha value is -0.870. The van der Waals surface area contributed by atoms with Crippen LogP contribution in [0.1, 0.15) is 37.7 Å². The Bertz CT molecular complexity index is 366. The summed E-state index contributed by atoms with van der Waals surface area (Å²) in [5, 5.41) is 8.05. The predicted molar refractivity (Wildman–Crippen MR) is 76.8 cm³/mol. The summed E-state index contributed by atoms with van der Waals surface area (Å²) in [6.45, 7) is 15.1. The summed E-state index contributed by atoms with van der Waals surface area (Å²) in [6, 6.07) is 0.504. The molecule has 0 bridgehead atoms. The van der Waals surface area contributed by atoms with Gasteiger partial charge in [0.2, 0.25) is 0 Å². The molecule has 0 fully saturated rings. The van der Waals surface area contributed by atoms with Gasteiger partial charge < -0.3 is 10.2 Å². The van der Waals surface area contributed by atoms with Crippen LogP contribution in [-0.2, 0) is 13.6 Å². The number of rotatable bonds is 7. The third-order valence-electron chi connectivity index (χ3n) is 3.71. The Morgan fingerprint density at radius 2 is 1.89 bits per heavy atom. The van der Waals surface area contributed by atoms with Gasteiger partial charge in [-0.3, -0.25) is 4.68 Å². The van der Waals surface area contributed by atoms with Crippen LogP contribution in [0.2, 0.25) is 0 Å². The highest BCUT2D eigenvalue weighted by atomic mass is 15.3. The first kappa shape index (κ1) is 15.2. The number of likely N-dealkylation sites (N-methyl/N-ethyl adjacent to an activating group) is 1. The molecule has 1 atom stereocenters. The molecule has 104 valence electrons. The van der Waals surface area contributed by atoms with Crippen LogP contribution in [0, 0.1) is 13.8 Å². The van der Waals surface area contributed by atoms with Crippen LogP contribution in [0.25, 0.3) is 0 Å². The van der Waals surface area contributed by atoms with Gasteiger partial charge >= 0.3 is 0 Å². The average molecular weight is 252 g/mol. The van der Waals surface area contributed by atoms with Crippen LogP contribution in [-0.4, -0.2) is 40.4 Å². The molecule has 0 saturated heterocycles. The molecule has 0 amide bonds. The number of aromatic nitrogens is 2. The van der Waals surface area contributed by atoms with Crippen molar-refractivity contribution in [3.05, 3.63) is 17.0 Å². The molecule has 0 saturated carbocycles. The fourth-order valence-corrected chi connectivity index (χ4v) is 2.28. The van der Waals surface area contributed by atoms with E-state index in [0.717, 1.165) is 31.9 Å². The van der Waals surface area contributed by atoms with E-state index in [0.29, 0.717) is 6.04 Å². The third kappa shape index (κ3) is 3.82. The maximum Gasteiger partial charge on any atom is 0.0641 e. The number of nitrogens with one attached hydrogen (secondary N) is 1. The van der Waals surface area contributed by atoms with Crippen molar-refractivity contribution >= 4 is 0 Å². The van der Waals surface area contributed by atoms with Gasteiger partial charge in [0, 0.05) is 37.4 Å². The zero-order chi connectivity index (χ0) is 13.7. The summed E-state index contributed by atoms with van der Waals surface area (Å²) in [5.41, 5.74) is 3.73. The van der Waals surface area contributed by atoms with E-state index < -0.39 is 0 Å². The van der Waals surface area contributed by atoms with Gasteiger partial charge in [-0.25, -0.2) is 0 Å². The highest BCUT2D eigenvalue weighted by molar-refractivity contribution is 5.24. The SMILES string of the molecule is CCN(CC)CC(C)NCc1c(C)nn(C)c1C. The molecule has 1 unspecified atom stereocenters. The Morgan fingerprint density at radius 1 is 1.28 bits per heavy atom. The molecule has 4 nitrogen and oxygen atoms in total. The minimum absolute atomic E-state index is 0.504. The fourth-order valence-electron chi connectivity index (χ4n) is 2.28. The number of nitrogens with zero attached hydrogens (tertiary/aromatic N) is 3. The zero-order valence-electron chi connectivity index (χ0n) is 12.7. The quantitative estimate of drug-likeness (QED) is 0.804. The Kier molecular flexibility index (Phi) is 5.82. The van der Waals surface area contributed by atoms with Crippen LogP contribution >= 0.6 is 0 Å². The minimum Gasteiger partial charge on any atom is -0.309 e. The number of hydrogen-bond acceptors (Lipinski definition) is 3. The average Bonchev–Trinajstić information content (AvgIpc) is 2.58. The van der Waals surface area contributed by atoms with Gasteiger partial charge in [-0.05, 0) is 33.9 Å². The van der Waals surface area contributed by atoms with Crippen LogP contribution in [0.5, 0.6) is 0 Å². The molecule has 0 aliphatic carbocycles. The molecule has 0 radical (unpaired) electrons. The molecule has 1 heterocycles. The second-order valence-electron chi connectivity index (χ2n) is 5.04. The van der Waals surface area contributed by atoms with Crippen molar-refractivity contribution in [2.75, 3.05) is 19.6 Å². The molecule has 0 spiro atoms. The molecule has 1 aromatic rings. The molecule has 1 N–H and O–H groups in total. The highest BCUT2D eigenvalue weighted by Crippen LogP contribution is 2.11. The molecular formula is C14H28N4. The van der Waals surface area contributed by atoms with E-state index >= 15 is 0 Å². The monoisotopic (exact) mass is 252 g/mol. The van der Waals surface area contributed by atoms with Crippen LogP contribution in [0.15, 0.2) is 0 Å². The fraction of sp³-hybridized carbons (Fsp3) is 0.786. The first-order valence-electron chi connectivity index (χ1n) is 6.94. The van der Waals surface area contributed by atoms with Gasteiger partial charge in [-0.15, -0.1) is 0 Å². The first-order valence-corrected chi connectivity index (χ1v) is 6.94. The lowest BCUT2D eigenvalue weighted by Crippen LogP contribution is -2.38. The van der Waals surface area contributed by atoms with E-state index in [-0.39, 0.29) is 0 Å². The predicted octanol–water partition coefficient (Wildman–Crippen LogP) is 1.86. The maximum absolute atomic E-state index is 4.45. The lowest BCUT2D eigenvalue weighted by atomic mass is 10.2. The number of aryl methyl sites for hydroxylation is 2. The molecule has 0 aliphatic heterocycles. The normalized spacial score (nSPS) is 13.3. The largest absolute Gasteiger partial charge is 0.309 e. The maximum atomic E-state index is 4.45. The van der Waals surface area contributed by atoms with Crippen LogP contribution in [0.4, 0.5) is 0 Å². The van der Waals surface area contributed by atoms with Gasteiger partial charge in [-0.1, -0.05) is 13.8 Å². The van der Waals surface area contributed by atoms with E-state index in [9.17, 15) is 0 Å². The van der Waals surface area contributed by atoms with Crippen molar-refractivity contribution in [3.63, 3.8) is 0 Å². The molecule has 0 aromatic carbocycles. The van der Waals surface area contributed by atoms with E-state index in [2.05, 4.69) is 49.9 Å². The van der Waals surface area contributed by atoms with E-state index in [1.54, 1.807) is 0 Å². The van der Waals surface area contributed by atoms with Crippen molar-refractivity contribution in [2.24, 2.45) is 7.05 Å². The van der Waals surface area contributed by atoms with Crippen molar-refractivity contribution in [1.82, 2.24) is 20.0 Å². The topological polar surface area (TPSA) is 33.1 Å². The molecule has 18 heavy (non-hydrogen) atoms. The Morgan fingerprint density at radius 3 is 2.33 bits per heavy atom. The van der Waals surface area contributed by atoms with Gasteiger partial charge in [0.1, 0.15) is 0 Å². The summed E-state index contributed by atoms with van der Waals surface area (Å²) in [5.74, 6) is 0. The van der Waals surface area contributed by atoms with Crippen molar-refractivity contribution < 1.29 is 0 Å². The second kappa shape index (κ2) is 6.90. The molecule has 1 rings (SSSR count). The van der Waals surface area contributed by atoms with Gasteiger partial charge in [0.25, 0.3) is 0 Å². The zero-order valence-corrected chi connectivity index (χ0v) is 12.7. The van der Waals surface area contributed by atoms with Crippen molar-refractivity contribution in [3.8, 4) is 0 Å². The van der Waals surface area contributed by atoms with E-state index in [4.69, 9.17) is 0 Å². The second-order valence-corrected chi connectivity index (χ2v) is 5.04. The Balaban J connectivity index is 2.49. The smallest absolute Gasteiger partial charge is 0.0641 e. The molecule has 4 heteroatoms. The van der Waals surface area contributed by atoms with E-state index in [1.807, 2.05) is 11.7 Å².